The van der Waals surface area contributed by atoms with Gasteiger partial charge in [-0.2, -0.15) is 4.31 Å². The molecule has 2 heterocycles. The molecule has 33 heavy (non-hydrogen) atoms. The molecule has 0 saturated carbocycles. The van der Waals surface area contributed by atoms with E-state index in [9.17, 15) is 18.0 Å². The van der Waals surface area contributed by atoms with E-state index in [1.54, 1.807) is 18.0 Å². The van der Waals surface area contributed by atoms with Gasteiger partial charge < -0.3 is 15.0 Å². The van der Waals surface area contributed by atoms with Crippen molar-refractivity contribution in [3.63, 3.8) is 0 Å². The molecule has 0 spiro atoms. The molecule has 2 aromatic carbocycles. The lowest BCUT2D eigenvalue weighted by Crippen LogP contribution is -2.43. The van der Waals surface area contributed by atoms with Gasteiger partial charge in [-0.05, 0) is 43.0 Å². The Morgan fingerprint density at radius 3 is 2.52 bits per heavy atom. The van der Waals surface area contributed by atoms with E-state index in [1.165, 1.54) is 16.4 Å². The second kappa shape index (κ2) is 9.52. The summed E-state index contributed by atoms with van der Waals surface area (Å²) in [5.74, 6) is 0.0204. The standard InChI is InChI=1S/C24H29N3O5S/c1-3-21-23(28)25-20-15-19(9-10-22(20)32-21)33(30,31)27-13-11-18(12-14-27)24(29)26(2)16-17-7-5-4-6-8-17/h4-10,15,18,21H,3,11-14,16H2,1-2H3,(H,25,28). The van der Waals surface area contributed by atoms with Crippen LogP contribution in [0.15, 0.2) is 53.4 Å². The number of rotatable bonds is 6. The van der Waals surface area contributed by atoms with Crippen LogP contribution in [-0.4, -0.2) is 55.7 Å². The summed E-state index contributed by atoms with van der Waals surface area (Å²) >= 11 is 0. The number of nitrogens with zero attached hydrogens (tertiary/aromatic N) is 2. The van der Waals surface area contributed by atoms with Gasteiger partial charge in [-0.25, -0.2) is 8.42 Å². The minimum atomic E-state index is -3.75. The Bertz CT molecular complexity index is 1130. The highest BCUT2D eigenvalue weighted by Gasteiger charge is 2.34. The Morgan fingerprint density at radius 2 is 1.85 bits per heavy atom. The van der Waals surface area contributed by atoms with Crippen LogP contribution in [0, 0.1) is 5.92 Å². The van der Waals surface area contributed by atoms with Gasteiger partial charge in [0.25, 0.3) is 5.91 Å². The van der Waals surface area contributed by atoms with Gasteiger partial charge in [0.05, 0.1) is 10.6 Å². The molecule has 0 aliphatic carbocycles. The van der Waals surface area contributed by atoms with E-state index in [2.05, 4.69) is 5.32 Å². The lowest BCUT2D eigenvalue weighted by Gasteiger charge is -2.33. The fraction of sp³-hybridized carbons (Fsp3) is 0.417. The Hall–Kier alpha value is -2.91. The van der Waals surface area contributed by atoms with Crippen molar-refractivity contribution >= 4 is 27.5 Å². The average Bonchev–Trinajstić information content (AvgIpc) is 2.83. The lowest BCUT2D eigenvalue weighted by atomic mass is 9.96. The predicted octanol–water partition coefficient (Wildman–Crippen LogP) is 2.86. The van der Waals surface area contributed by atoms with Crippen LogP contribution in [0.4, 0.5) is 5.69 Å². The van der Waals surface area contributed by atoms with Crippen LogP contribution in [0.2, 0.25) is 0 Å². The van der Waals surface area contributed by atoms with Gasteiger partial charge in [0.2, 0.25) is 15.9 Å². The van der Waals surface area contributed by atoms with Crippen molar-refractivity contribution in [3.05, 3.63) is 54.1 Å². The highest BCUT2D eigenvalue weighted by Crippen LogP contribution is 2.34. The molecule has 1 unspecified atom stereocenters. The molecular weight excluding hydrogens is 442 g/mol. The summed E-state index contributed by atoms with van der Waals surface area (Å²) in [6.45, 7) is 2.92. The second-order valence-corrected chi connectivity index (χ2v) is 10.5. The summed E-state index contributed by atoms with van der Waals surface area (Å²) in [5, 5.41) is 2.73. The zero-order valence-electron chi connectivity index (χ0n) is 18.9. The van der Waals surface area contributed by atoms with E-state index in [0.717, 1.165) is 5.56 Å². The van der Waals surface area contributed by atoms with Crippen LogP contribution in [0.1, 0.15) is 31.7 Å². The number of piperidine rings is 1. The fourth-order valence-corrected chi connectivity index (χ4v) is 5.79. The molecule has 176 valence electrons. The normalized spacial score (nSPS) is 19.3. The molecule has 8 nitrogen and oxygen atoms in total. The quantitative estimate of drug-likeness (QED) is 0.699. The molecule has 0 bridgehead atoms. The van der Waals surface area contributed by atoms with Crippen LogP contribution < -0.4 is 10.1 Å². The first-order valence-corrected chi connectivity index (χ1v) is 12.6. The van der Waals surface area contributed by atoms with Crippen molar-refractivity contribution in [1.29, 1.82) is 0 Å². The molecule has 4 rings (SSSR count). The molecule has 0 aromatic heterocycles. The first kappa shape index (κ1) is 23.3. The third kappa shape index (κ3) is 4.89. The Morgan fingerprint density at radius 1 is 1.15 bits per heavy atom. The summed E-state index contributed by atoms with van der Waals surface area (Å²) in [4.78, 5) is 26.8. The lowest BCUT2D eigenvalue weighted by molar-refractivity contribution is -0.136. The molecule has 2 aliphatic heterocycles. The molecule has 1 fully saturated rings. The largest absolute Gasteiger partial charge is 0.478 e. The molecule has 2 aliphatic rings. The molecule has 9 heteroatoms. The van der Waals surface area contributed by atoms with Crippen molar-refractivity contribution in [1.82, 2.24) is 9.21 Å². The summed E-state index contributed by atoms with van der Waals surface area (Å²) in [6.07, 6.45) is 0.899. The fourth-order valence-electron chi connectivity index (χ4n) is 4.30. The van der Waals surface area contributed by atoms with E-state index in [-0.39, 0.29) is 35.7 Å². The highest BCUT2D eigenvalue weighted by molar-refractivity contribution is 7.89. The number of benzene rings is 2. The number of hydrogen-bond donors (Lipinski definition) is 1. The number of carbonyl (C=O) groups excluding carboxylic acids is 2. The topological polar surface area (TPSA) is 96.0 Å². The zero-order chi connectivity index (χ0) is 23.6. The van der Waals surface area contributed by atoms with Gasteiger partial charge in [0, 0.05) is 32.6 Å². The number of sulfonamides is 1. The zero-order valence-corrected chi connectivity index (χ0v) is 19.7. The number of ether oxygens (including phenoxy) is 1. The van der Waals surface area contributed by atoms with Crippen LogP contribution in [0.3, 0.4) is 0 Å². The molecule has 2 aromatic rings. The highest BCUT2D eigenvalue weighted by atomic mass is 32.2. The Balaban J connectivity index is 1.39. The summed E-state index contributed by atoms with van der Waals surface area (Å²) < 4.78 is 33.5. The molecule has 1 atom stereocenters. The molecular formula is C24H29N3O5S. The minimum Gasteiger partial charge on any atom is -0.478 e. The van der Waals surface area contributed by atoms with Gasteiger partial charge >= 0.3 is 0 Å². The van der Waals surface area contributed by atoms with E-state index in [1.807, 2.05) is 37.3 Å². The maximum Gasteiger partial charge on any atom is 0.265 e. The monoisotopic (exact) mass is 471 g/mol. The summed E-state index contributed by atoms with van der Waals surface area (Å²) in [7, 11) is -1.97. The van der Waals surface area contributed by atoms with E-state index in [4.69, 9.17) is 4.74 Å². The summed E-state index contributed by atoms with van der Waals surface area (Å²) in [5.41, 5.74) is 1.42. The predicted molar refractivity (Wildman–Crippen MR) is 124 cm³/mol. The van der Waals surface area contributed by atoms with Crippen molar-refractivity contribution in [2.75, 3.05) is 25.5 Å². The molecule has 1 N–H and O–H groups in total. The molecule has 2 amide bonds. The maximum absolute atomic E-state index is 13.2. The number of nitrogens with one attached hydrogen (secondary N) is 1. The van der Waals surface area contributed by atoms with Gasteiger partial charge in [0.15, 0.2) is 6.10 Å². The third-order valence-electron chi connectivity index (χ3n) is 6.22. The average molecular weight is 472 g/mol. The number of amides is 2. The van der Waals surface area contributed by atoms with E-state index >= 15 is 0 Å². The van der Waals surface area contributed by atoms with Crippen LogP contribution in [0.25, 0.3) is 0 Å². The minimum absolute atomic E-state index is 0.0371. The van der Waals surface area contributed by atoms with Gasteiger partial charge in [0.1, 0.15) is 5.75 Å². The number of carbonyl (C=O) groups is 2. The summed E-state index contributed by atoms with van der Waals surface area (Å²) in [6, 6.07) is 14.3. The maximum atomic E-state index is 13.2. The Labute approximate surface area is 194 Å². The van der Waals surface area contributed by atoms with Crippen molar-refractivity contribution in [2.24, 2.45) is 5.92 Å². The molecule has 0 radical (unpaired) electrons. The van der Waals surface area contributed by atoms with Crippen LogP contribution >= 0.6 is 0 Å². The number of fused-ring (bicyclic) bond motifs is 1. The number of hydrogen-bond acceptors (Lipinski definition) is 5. The van der Waals surface area contributed by atoms with Gasteiger partial charge in [-0.1, -0.05) is 37.3 Å². The SMILES string of the molecule is CCC1Oc2ccc(S(=O)(=O)N3CCC(C(=O)N(C)Cc4ccccc4)CC3)cc2NC1=O. The second-order valence-electron chi connectivity index (χ2n) is 8.52. The number of anilines is 1. The van der Waals surface area contributed by atoms with Crippen molar-refractivity contribution < 1.29 is 22.7 Å². The van der Waals surface area contributed by atoms with Crippen LogP contribution in [0.5, 0.6) is 5.75 Å². The molecule has 1 saturated heterocycles. The van der Waals surface area contributed by atoms with E-state index in [0.29, 0.717) is 37.2 Å². The van der Waals surface area contributed by atoms with Gasteiger partial charge in [-0.15, -0.1) is 0 Å². The van der Waals surface area contributed by atoms with Crippen LogP contribution in [-0.2, 0) is 26.2 Å². The first-order valence-electron chi connectivity index (χ1n) is 11.2. The van der Waals surface area contributed by atoms with Gasteiger partial charge in [-0.3, -0.25) is 9.59 Å². The van der Waals surface area contributed by atoms with Crippen molar-refractivity contribution in [2.45, 2.75) is 43.7 Å². The first-order chi connectivity index (χ1) is 15.8. The Kier molecular flexibility index (Phi) is 6.71. The van der Waals surface area contributed by atoms with Crippen molar-refractivity contribution in [3.8, 4) is 5.75 Å². The van der Waals surface area contributed by atoms with E-state index < -0.39 is 16.1 Å². The smallest absolute Gasteiger partial charge is 0.265 e. The third-order valence-corrected chi connectivity index (χ3v) is 8.12.